The quantitative estimate of drug-likeness (QED) is 0.0751. The molecule has 3 fully saturated rings. The van der Waals surface area contributed by atoms with Crippen LogP contribution in [0.25, 0.3) is 0 Å². The fourth-order valence-electron chi connectivity index (χ4n) is 10.7. The summed E-state index contributed by atoms with van der Waals surface area (Å²) in [7, 11) is 0. The number of benzene rings is 3. The Hall–Kier alpha value is -3.68. The van der Waals surface area contributed by atoms with Crippen LogP contribution in [0.5, 0.6) is 11.5 Å². The van der Waals surface area contributed by atoms with Crippen molar-refractivity contribution in [1.82, 2.24) is 5.43 Å². The van der Waals surface area contributed by atoms with Gasteiger partial charge in [0.15, 0.2) is 11.5 Å². The highest BCUT2D eigenvalue weighted by Crippen LogP contribution is 2.65. The fourth-order valence-corrected chi connectivity index (χ4v) is 10.7. The average Bonchev–Trinajstić information content (AvgIpc) is 3.88. The van der Waals surface area contributed by atoms with Crippen molar-refractivity contribution in [3.63, 3.8) is 0 Å². The third-order valence-electron chi connectivity index (χ3n) is 13.2. The van der Waals surface area contributed by atoms with Gasteiger partial charge >= 0.3 is 5.97 Å². The number of carbonyl (C=O) groups excluding carboxylic acids is 2. The van der Waals surface area contributed by atoms with Gasteiger partial charge in [-0.2, -0.15) is 0 Å². The van der Waals surface area contributed by atoms with Gasteiger partial charge in [-0.25, -0.2) is 10.0 Å². The minimum atomic E-state index is -0.681. The first-order chi connectivity index (χ1) is 24.9. The van der Waals surface area contributed by atoms with Crippen LogP contribution in [-0.2, 0) is 34.3 Å². The Balaban J connectivity index is 1.04. The van der Waals surface area contributed by atoms with Gasteiger partial charge in [-0.1, -0.05) is 79.6 Å². The van der Waals surface area contributed by atoms with Gasteiger partial charge in [0, 0.05) is 37.2 Å². The number of unbranched alkanes of at least 4 members (excludes halogenated alkanes) is 2. The SMILES string of the molecule is CC(=O)Oc1ccc2c3c1O[C@H]1CCC[C@H]4[C@@H](C2)[N+](CC2CC2)(NC(=O)C(CCc2ccccc2)C(O)CCCCCc2ccccc2)CC[C@]314. The van der Waals surface area contributed by atoms with Gasteiger partial charge in [0.25, 0.3) is 5.91 Å². The number of aliphatic hydroxyl groups is 1. The maximum absolute atomic E-state index is 14.8. The van der Waals surface area contributed by atoms with E-state index in [2.05, 4.69) is 66.1 Å². The first-order valence-corrected chi connectivity index (χ1v) is 19.8. The molecule has 2 saturated carbocycles. The van der Waals surface area contributed by atoms with E-state index in [4.69, 9.17) is 9.47 Å². The second-order valence-electron chi connectivity index (χ2n) is 16.4. The van der Waals surface area contributed by atoms with E-state index in [1.807, 2.05) is 12.1 Å². The molecule has 2 bridgehead atoms. The average molecular weight is 692 g/mol. The van der Waals surface area contributed by atoms with Crippen LogP contribution in [0.4, 0.5) is 0 Å². The number of hydrogen-bond donors (Lipinski definition) is 2. The topological polar surface area (TPSA) is 84.9 Å². The number of amides is 1. The number of aliphatic hydroxyl groups excluding tert-OH is 1. The highest BCUT2D eigenvalue weighted by molar-refractivity contribution is 5.78. The van der Waals surface area contributed by atoms with Crippen molar-refractivity contribution in [2.75, 3.05) is 13.1 Å². The van der Waals surface area contributed by atoms with Crippen molar-refractivity contribution in [1.29, 1.82) is 0 Å². The molecule has 8 rings (SSSR count). The molecule has 1 spiro atoms. The van der Waals surface area contributed by atoms with Gasteiger partial charge in [0.2, 0.25) is 0 Å². The van der Waals surface area contributed by atoms with Crippen LogP contribution in [0.1, 0.15) is 99.8 Å². The number of ether oxygens (including phenoxy) is 2. The van der Waals surface area contributed by atoms with Crippen LogP contribution in [0.2, 0.25) is 0 Å². The van der Waals surface area contributed by atoms with Gasteiger partial charge < -0.3 is 14.6 Å². The molecule has 0 aromatic heterocycles. The van der Waals surface area contributed by atoms with E-state index in [0.717, 1.165) is 83.0 Å². The summed E-state index contributed by atoms with van der Waals surface area (Å²) in [5, 5.41) is 11.8. The number of aryl methyl sites for hydroxylation is 2. The first-order valence-electron chi connectivity index (χ1n) is 19.8. The largest absolute Gasteiger partial charge is 0.485 e. The van der Waals surface area contributed by atoms with Crippen LogP contribution < -0.4 is 14.9 Å². The monoisotopic (exact) mass is 691 g/mol. The molecule has 3 aliphatic carbocycles. The van der Waals surface area contributed by atoms with Crippen molar-refractivity contribution in [3.8, 4) is 11.5 Å². The summed E-state index contributed by atoms with van der Waals surface area (Å²) < 4.78 is 13.1. The van der Waals surface area contributed by atoms with Crippen LogP contribution in [0.15, 0.2) is 72.8 Å². The number of carbonyl (C=O) groups is 2. The summed E-state index contributed by atoms with van der Waals surface area (Å²) in [6.45, 7) is 3.28. The second kappa shape index (κ2) is 14.4. The molecule has 1 saturated heterocycles. The molecule has 3 aromatic carbocycles. The van der Waals surface area contributed by atoms with Crippen LogP contribution in [0.3, 0.4) is 0 Å². The van der Waals surface area contributed by atoms with Gasteiger partial charge in [0.1, 0.15) is 25.2 Å². The Morgan fingerprint density at radius 1 is 0.922 bits per heavy atom. The molecule has 270 valence electrons. The molecule has 5 aliphatic rings. The lowest BCUT2D eigenvalue weighted by molar-refractivity contribution is -0.995. The normalized spacial score (nSPS) is 28.2. The maximum atomic E-state index is 14.8. The molecule has 51 heavy (non-hydrogen) atoms. The number of nitrogens with one attached hydrogen (secondary N) is 1. The number of rotatable bonds is 15. The molecule has 3 unspecified atom stereocenters. The Bertz CT molecular complexity index is 1710. The van der Waals surface area contributed by atoms with Gasteiger partial charge in [-0.3, -0.25) is 9.59 Å². The maximum Gasteiger partial charge on any atom is 0.308 e. The zero-order chi connectivity index (χ0) is 35.0. The first kappa shape index (κ1) is 34.4. The number of nitrogens with zero attached hydrogens (tertiary/aromatic N) is 1. The molecule has 0 radical (unpaired) electrons. The van der Waals surface area contributed by atoms with Crippen molar-refractivity contribution in [2.45, 2.75) is 120 Å². The van der Waals surface area contributed by atoms with E-state index in [1.165, 1.54) is 42.0 Å². The van der Waals surface area contributed by atoms with Crippen LogP contribution in [-0.4, -0.2) is 52.9 Å². The lowest BCUT2D eigenvalue weighted by Crippen LogP contribution is -2.77. The summed E-state index contributed by atoms with van der Waals surface area (Å²) in [6, 6.07) is 25.3. The molecule has 2 N–H and O–H groups in total. The second-order valence-corrected chi connectivity index (χ2v) is 16.4. The van der Waals surface area contributed by atoms with E-state index in [1.54, 1.807) is 0 Å². The number of quaternary nitrogens is 1. The van der Waals surface area contributed by atoms with Crippen LogP contribution >= 0.6 is 0 Å². The van der Waals surface area contributed by atoms with E-state index in [0.29, 0.717) is 35.0 Å². The summed E-state index contributed by atoms with van der Waals surface area (Å²) in [4.78, 5) is 26.8. The zero-order valence-electron chi connectivity index (χ0n) is 30.2. The summed E-state index contributed by atoms with van der Waals surface area (Å²) in [5.74, 6) is 1.57. The predicted octanol–water partition coefficient (Wildman–Crippen LogP) is 7.41. The molecule has 3 aromatic rings. The van der Waals surface area contributed by atoms with Crippen LogP contribution in [0, 0.1) is 17.8 Å². The van der Waals surface area contributed by atoms with E-state index >= 15 is 0 Å². The van der Waals surface area contributed by atoms with Crippen molar-refractivity contribution < 1.29 is 28.8 Å². The number of hydrogen-bond acceptors (Lipinski definition) is 5. The Morgan fingerprint density at radius 3 is 2.39 bits per heavy atom. The Labute approximate surface area is 303 Å². The molecule has 1 amide bonds. The Kier molecular flexibility index (Phi) is 9.71. The molecule has 7 nitrogen and oxygen atoms in total. The minimum Gasteiger partial charge on any atom is -0.485 e. The van der Waals surface area contributed by atoms with Crippen molar-refractivity contribution >= 4 is 11.9 Å². The highest BCUT2D eigenvalue weighted by atomic mass is 16.6. The molecule has 2 aliphatic heterocycles. The van der Waals surface area contributed by atoms with Crippen molar-refractivity contribution in [3.05, 3.63) is 95.1 Å². The van der Waals surface area contributed by atoms with E-state index in [9.17, 15) is 14.7 Å². The van der Waals surface area contributed by atoms with E-state index in [-0.39, 0.29) is 29.4 Å². The highest BCUT2D eigenvalue weighted by Gasteiger charge is 2.69. The summed E-state index contributed by atoms with van der Waals surface area (Å²) >= 11 is 0. The van der Waals surface area contributed by atoms with Crippen molar-refractivity contribution in [2.24, 2.45) is 17.8 Å². The standard InChI is InChI=1S/C44H54N2O5/c1-30(47)50-39-25-23-34-28-37-36-17-11-19-40-44(36,41(34)42(39)51-40)26-27-46(37,29-33-20-21-33)45-43(49)35(24-22-32-15-7-3-8-16-32)38(48)18-10-4-9-14-31-12-5-2-6-13-31/h2-3,5-8,12-13,15-16,23,25,33,35-38,40,48H,4,9-11,14,17-22,24,26-29H2,1H3/p+1/t35?,36-,37+,38?,40-,44+,46?/m0/s1. The minimum absolute atomic E-state index is 0.0195. The summed E-state index contributed by atoms with van der Waals surface area (Å²) in [5.41, 5.74) is 8.78. The predicted molar refractivity (Wildman–Crippen MR) is 197 cm³/mol. The lowest BCUT2D eigenvalue weighted by atomic mass is 9.51. The van der Waals surface area contributed by atoms with Gasteiger partial charge in [-0.15, -0.1) is 0 Å². The third-order valence-corrected chi connectivity index (χ3v) is 13.2. The fraction of sp³-hybridized carbons (Fsp3) is 0.545. The number of esters is 1. The molecular formula is C44H55N2O5+. The zero-order valence-corrected chi connectivity index (χ0v) is 30.2. The molecular weight excluding hydrogens is 636 g/mol. The molecule has 7 heteroatoms. The Morgan fingerprint density at radius 2 is 1.67 bits per heavy atom. The number of likely N-dealkylation sites (tertiary alicyclic amines) is 1. The van der Waals surface area contributed by atoms with Gasteiger partial charge in [-0.05, 0) is 87.0 Å². The molecule has 7 atom stereocenters. The number of piperidine rings is 1. The van der Waals surface area contributed by atoms with Gasteiger partial charge in [0.05, 0.1) is 17.4 Å². The van der Waals surface area contributed by atoms with E-state index < -0.39 is 12.0 Å². The smallest absolute Gasteiger partial charge is 0.308 e. The lowest BCUT2D eigenvalue weighted by Gasteiger charge is -2.61. The third kappa shape index (κ3) is 6.72. The summed E-state index contributed by atoms with van der Waals surface area (Å²) in [6.07, 6.45) is 13.0. The molecule has 2 heterocycles.